The molecule has 4 heteroatoms. The van der Waals surface area contributed by atoms with E-state index in [0.29, 0.717) is 11.8 Å². The minimum Gasteiger partial charge on any atom is -0.340 e. The van der Waals surface area contributed by atoms with Crippen molar-refractivity contribution >= 4 is 11.8 Å². The van der Waals surface area contributed by atoms with Gasteiger partial charge < -0.3 is 10.2 Å². The Labute approximate surface area is 121 Å². The zero-order chi connectivity index (χ0) is 14.5. The van der Waals surface area contributed by atoms with E-state index in [4.69, 9.17) is 0 Å². The van der Waals surface area contributed by atoms with E-state index >= 15 is 0 Å². The second-order valence-electron chi connectivity index (χ2n) is 7.38. The van der Waals surface area contributed by atoms with Crippen molar-refractivity contribution in [2.24, 2.45) is 17.8 Å². The molecular formula is C16H26N2O2. The fourth-order valence-electron chi connectivity index (χ4n) is 3.98. The van der Waals surface area contributed by atoms with Gasteiger partial charge in [0.05, 0.1) is 0 Å². The van der Waals surface area contributed by atoms with Gasteiger partial charge in [-0.05, 0) is 57.3 Å². The predicted octanol–water partition coefficient (Wildman–Crippen LogP) is 1.94. The van der Waals surface area contributed by atoms with Crippen LogP contribution in [0.5, 0.6) is 0 Å². The average molecular weight is 278 g/mol. The van der Waals surface area contributed by atoms with E-state index in [1.54, 1.807) is 0 Å². The van der Waals surface area contributed by atoms with Crippen molar-refractivity contribution < 1.29 is 9.59 Å². The number of carbonyl (C=O) groups is 2. The van der Waals surface area contributed by atoms with Gasteiger partial charge in [0, 0.05) is 6.54 Å². The topological polar surface area (TPSA) is 49.4 Å². The highest BCUT2D eigenvalue weighted by Gasteiger charge is 2.54. The monoisotopic (exact) mass is 278 g/mol. The average Bonchev–Trinajstić information content (AvgIpc) is 3.17. The summed E-state index contributed by atoms with van der Waals surface area (Å²) in [4.78, 5) is 27.0. The van der Waals surface area contributed by atoms with Gasteiger partial charge in [-0.1, -0.05) is 13.3 Å². The smallest absolute Gasteiger partial charge is 0.249 e. The highest BCUT2D eigenvalue weighted by atomic mass is 16.2. The molecule has 1 aliphatic heterocycles. The summed E-state index contributed by atoms with van der Waals surface area (Å²) < 4.78 is 0. The van der Waals surface area contributed by atoms with Gasteiger partial charge in [0.2, 0.25) is 11.8 Å². The molecule has 20 heavy (non-hydrogen) atoms. The molecule has 0 aromatic heterocycles. The molecule has 2 saturated carbocycles. The van der Waals surface area contributed by atoms with Crippen molar-refractivity contribution in [3.8, 4) is 0 Å². The predicted molar refractivity (Wildman–Crippen MR) is 77.0 cm³/mol. The molecule has 1 saturated heterocycles. The number of hydrogen-bond acceptors (Lipinski definition) is 2. The molecule has 2 amide bonds. The minimum atomic E-state index is -0.645. The lowest BCUT2D eigenvalue weighted by atomic mass is 9.89. The van der Waals surface area contributed by atoms with Crippen LogP contribution >= 0.6 is 0 Å². The maximum absolute atomic E-state index is 12.9. The van der Waals surface area contributed by atoms with E-state index in [2.05, 4.69) is 12.2 Å². The van der Waals surface area contributed by atoms with E-state index in [-0.39, 0.29) is 17.9 Å². The van der Waals surface area contributed by atoms with Crippen molar-refractivity contribution in [1.29, 1.82) is 0 Å². The largest absolute Gasteiger partial charge is 0.340 e. The molecule has 0 radical (unpaired) electrons. The lowest BCUT2D eigenvalue weighted by Crippen LogP contribution is -2.69. The molecule has 4 unspecified atom stereocenters. The number of nitrogens with zero attached hydrogens (tertiary/aromatic N) is 1. The highest BCUT2D eigenvalue weighted by Crippen LogP contribution is 2.42. The Morgan fingerprint density at radius 3 is 2.45 bits per heavy atom. The second-order valence-corrected chi connectivity index (χ2v) is 7.38. The van der Waals surface area contributed by atoms with Gasteiger partial charge in [-0.3, -0.25) is 9.59 Å². The van der Waals surface area contributed by atoms with Crippen molar-refractivity contribution in [2.45, 2.75) is 64.5 Å². The third-order valence-corrected chi connectivity index (χ3v) is 5.59. The summed E-state index contributed by atoms with van der Waals surface area (Å²) in [5.41, 5.74) is -0.645. The molecule has 0 bridgehead atoms. The maximum atomic E-state index is 12.9. The van der Waals surface area contributed by atoms with Crippen LogP contribution < -0.4 is 5.32 Å². The van der Waals surface area contributed by atoms with Crippen LogP contribution in [0.1, 0.15) is 52.9 Å². The van der Waals surface area contributed by atoms with Gasteiger partial charge >= 0.3 is 0 Å². The summed E-state index contributed by atoms with van der Waals surface area (Å²) in [6.45, 7) is 6.82. The van der Waals surface area contributed by atoms with Crippen molar-refractivity contribution in [3.63, 3.8) is 0 Å². The lowest BCUT2D eigenvalue weighted by Gasteiger charge is -2.44. The molecule has 0 spiro atoms. The molecule has 2 aliphatic carbocycles. The molecule has 3 aliphatic rings. The van der Waals surface area contributed by atoms with Crippen LogP contribution in [0.15, 0.2) is 0 Å². The number of rotatable bonds is 3. The van der Waals surface area contributed by atoms with Crippen LogP contribution in [0.25, 0.3) is 0 Å². The van der Waals surface area contributed by atoms with Gasteiger partial charge in [0.1, 0.15) is 11.6 Å². The summed E-state index contributed by atoms with van der Waals surface area (Å²) in [6, 6.07) is -0.315. The Bertz CT molecular complexity index is 432. The van der Waals surface area contributed by atoms with E-state index in [9.17, 15) is 9.59 Å². The summed E-state index contributed by atoms with van der Waals surface area (Å²) in [5.74, 6) is 1.85. The van der Waals surface area contributed by atoms with Crippen molar-refractivity contribution in [2.75, 3.05) is 6.54 Å². The van der Waals surface area contributed by atoms with Crippen LogP contribution in [0.3, 0.4) is 0 Å². The summed E-state index contributed by atoms with van der Waals surface area (Å²) in [6.07, 6.45) is 5.77. The number of hydrogen-bond donors (Lipinski definition) is 1. The highest BCUT2D eigenvalue weighted by molar-refractivity contribution is 5.99. The van der Waals surface area contributed by atoms with Gasteiger partial charge in [-0.15, -0.1) is 0 Å². The number of piperazine rings is 1. The van der Waals surface area contributed by atoms with Crippen LogP contribution in [0.2, 0.25) is 0 Å². The van der Waals surface area contributed by atoms with E-state index in [1.165, 1.54) is 19.3 Å². The second kappa shape index (κ2) is 4.74. The lowest BCUT2D eigenvalue weighted by molar-refractivity contribution is -0.155. The Kier molecular flexibility index (Phi) is 3.30. The molecule has 4 atom stereocenters. The molecule has 3 fully saturated rings. The van der Waals surface area contributed by atoms with Gasteiger partial charge in [-0.2, -0.15) is 0 Å². The van der Waals surface area contributed by atoms with Crippen LogP contribution in [-0.2, 0) is 9.59 Å². The van der Waals surface area contributed by atoms with Gasteiger partial charge in [-0.25, -0.2) is 0 Å². The fourth-order valence-corrected chi connectivity index (χ4v) is 3.98. The Morgan fingerprint density at radius 1 is 1.20 bits per heavy atom. The first-order valence-corrected chi connectivity index (χ1v) is 8.05. The summed E-state index contributed by atoms with van der Waals surface area (Å²) in [7, 11) is 0. The molecule has 1 N–H and O–H groups in total. The van der Waals surface area contributed by atoms with Crippen LogP contribution in [0.4, 0.5) is 0 Å². The third-order valence-electron chi connectivity index (χ3n) is 5.59. The number of nitrogens with one attached hydrogen (secondary N) is 1. The maximum Gasteiger partial charge on any atom is 0.249 e. The molecule has 1 heterocycles. The minimum absolute atomic E-state index is 0.0186. The zero-order valence-electron chi connectivity index (χ0n) is 12.8. The Balaban J connectivity index is 1.76. The van der Waals surface area contributed by atoms with E-state index in [1.807, 2.05) is 18.7 Å². The normalized spacial score (nSPS) is 42.0. The molecule has 112 valence electrons. The molecule has 4 nitrogen and oxygen atoms in total. The first kappa shape index (κ1) is 13.9. The quantitative estimate of drug-likeness (QED) is 0.857. The zero-order valence-corrected chi connectivity index (χ0v) is 12.8. The number of carbonyl (C=O) groups excluding carboxylic acids is 2. The van der Waals surface area contributed by atoms with Crippen molar-refractivity contribution in [3.05, 3.63) is 0 Å². The SMILES string of the molecule is CC1CCC(CN2C(=O)C(C)(C3CC3)NC(=O)C2C)C1. The molecule has 0 aromatic rings. The fraction of sp³-hybridized carbons (Fsp3) is 0.875. The first-order chi connectivity index (χ1) is 9.41. The number of amides is 2. The Morgan fingerprint density at radius 2 is 1.90 bits per heavy atom. The molecular weight excluding hydrogens is 252 g/mol. The van der Waals surface area contributed by atoms with Gasteiger partial charge in [0.25, 0.3) is 0 Å². The Hall–Kier alpha value is -1.06. The van der Waals surface area contributed by atoms with Crippen LogP contribution in [0, 0.1) is 17.8 Å². The summed E-state index contributed by atoms with van der Waals surface area (Å²) in [5, 5.41) is 2.99. The third kappa shape index (κ3) is 2.23. The van der Waals surface area contributed by atoms with Crippen LogP contribution in [-0.4, -0.2) is 34.8 Å². The van der Waals surface area contributed by atoms with E-state index < -0.39 is 5.54 Å². The molecule has 0 aromatic carbocycles. The molecule has 3 rings (SSSR count). The van der Waals surface area contributed by atoms with Crippen molar-refractivity contribution in [1.82, 2.24) is 10.2 Å². The first-order valence-electron chi connectivity index (χ1n) is 8.05. The standard InChI is InChI=1S/C16H26N2O2/c1-10-4-5-12(8-10)9-18-11(2)14(19)17-16(3,15(18)20)13-6-7-13/h10-13H,4-9H2,1-3H3,(H,17,19). The summed E-state index contributed by atoms with van der Waals surface area (Å²) >= 11 is 0. The van der Waals surface area contributed by atoms with Gasteiger partial charge in [0.15, 0.2) is 0 Å². The van der Waals surface area contributed by atoms with E-state index in [0.717, 1.165) is 25.3 Å².